The van der Waals surface area contributed by atoms with E-state index in [0.29, 0.717) is 11.5 Å². The smallest absolute Gasteiger partial charge is 0.326 e. The van der Waals surface area contributed by atoms with Crippen LogP contribution in [0, 0.1) is 0 Å². The van der Waals surface area contributed by atoms with Crippen molar-refractivity contribution in [2.24, 2.45) is 0 Å². The number of para-hydroxylation sites is 1. The lowest BCUT2D eigenvalue weighted by molar-refractivity contribution is -0.145. The van der Waals surface area contributed by atoms with Gasteiger partial charge in [0.15, 0.2) is 11.5 Å². The van der Waals surface area contributed by atoms with Crippen LogP contribution in [0.2, 0.25) is 0 Å². The van der Waals surface area contributed by atoms with Crippen LogP contribution in [-0.2, 0) is 30.3 Å². The fourth-order valence-corrected chi connectivity index (χ4v) is 3.54. The second-order valence-electron chi connectivity index (χ2n) is 7.08. The van der Waals surface area contributed by atoms with Crippen molar-refractivity contribution in [1.82, 2.24) is 9.03 Å². The van der Waals surface area contributed by atoms with Crippen LogP contribution < -0.4 is 14.2 Å². The van der Waals surface area contributed by atoms with Gasteiger partial charge in [0.2, 0.25) is 0 Å². The first-order valence-corrected chi connectivity index (χ1v) is 10.5. The molecule has 1 aromatic carbocycles. The van der Waals surface area contributed by atoms with Gasteiger partial charge in [0.05, 0.1) is 13.2 Å². The zero-order valence-corrected chi connectivity index (χ0v) is 18.5. The number of hydrogen-bond acceptors (Lipinski definition) is 10. The monoisotopic (exact) mass is 440 g/mol. The number of ether oxygens (including phenoxy) is 4. The second kappa shape index (κ2) is 11.2. The summed E-state index contributed by atoms with van der Waals surface area (Å²) in [5.74, 6) is -0.562. The van der Waals surface area contributed by atoms with Crippen molar-refractivity contribution in [2.45, 2.75) is 39.7 Å². The van der Waals surface area contributed by atoms with E-state index in [-0.39, 0.29) is 38.4 Å². The Labute approximate surface area is 180 Å². The largest absolute Gasteiger partial charge is 0.483 e. The van der Waals surface area contributed by atoms with Crippen LogP contribution in [0.3, 0.4) is 0 Å². The molecule has 2 rings (SSSR count). The highest BCUT2D eigenvalue weighted by molar-refractivity contribution is 7.95. The Bertz CT molecular complexity index is 750. The first-order chi connectivity index (χ1) is 14.2. The molecule has 0 bridgehead atoms. The van der Waals surface area contributed by atoms with Gasteiger partial charge in [0, 0.05) is 24.1 Å². The maximum Gasteiger partial charge on any atom is 0.326 e. The fraction of sp³-hybridized carbons (Fsp3) is 0.550. The number of carbonyl (C=O) groups is 3. The minimum atomic E-state index is -0.531. The minimum Gasteiger partial charge on any atom is -0.483 e. The molecule has 1 N–H and O–H groups in total. The highest BCUT2D eigenvalue weighted by atomic mass is 32.2. The normalized spacial score (nSPS) is 14.0. The maximum atomic E-state index is 12.2. The molecule has 1 aromatic rings. The molecule has 1 aliphatic rings. The Morgan fingerprint density at radius 3 is 2.33 bits per heavy atom. The Morgan fingerprint density at radius 1 is 1.10 bits per heavy atom. The summed E-state index contributed by atoms with van der Waals surface area (Å²) < 4.78 is 25.3. The number of rotatable bonds is 11. The average Bonchev–Trinajstić information content (AvgIpc) is 2.97. The highest BCUT2D eigenvalue weighted by Gasteiger charge is 2.32. The van der Waals surface area contributed by atoms with Crippen LogP contribution in [0.15, 0.2) is 18.2 Å². The van der Waals surface area contributed by atoms with Gasteiger partial charge in [0.1, 0.15) is 25.2 Å². The molecule has 1 aliphatic heterocycles. The van der Waals surface area contributed by atoms with Gasteiger partial charge in [-0.25, -0.2) is 9.03 Å². The van der Waals surface area contributed by atoms with Crippen LogP contribution in [-0.4, -0.2) is 60.7 Å². The van der Waals surface area contributed by atoms with Crippen molar-refractivity contribution in [3.63, 3.8) is 0 Å². The molecule has 0 saturated heterocycles. The molecule has 0 saturated carbocycles. The van der Waals surface area contributed by atoms with E-state index in [1.165, 1.54) is 4.31 Å². The van der Waals surface area contributed by atoms with Gasteiger partial charge in [-0.05, 0) is 33.8 Å². The Morgan fingerprint density at radius 2 is 1.73 bits per heavy atom. The van der Waals surface area contributed by atoms with Crippen LogP contribution in [0.25, 0.3) is 0 Å². The molecule has 166 valence electrons. The van der Waals surface area contributed by atoms with Gasteiger partial charge in [-0.15, -0.1) is 0 Å². The van der Waals surface area contributed by atoms with Gasteiger partial charge < -0.3 is 18.9 Å². The molecule has 0 aromatic heterocycles. The zero-order chi connectivity index (χ0) is 22.1. The van der Waals surface area contributed by atoms with Crippen molar-refractivity contribution in [1.29, 1.82) is 0 Å². The van der Waals surface area contributed by atoms with Gasteiger partial charge >= 0.3 is 17.9 Å². The van der Waals surface area contributed by atoms with E-state index in [1.807, 2.05) is 26.0 Å². The van der Waals surface area contributed by atoms with Gasteiger partial charge in [-0.2, -0.15) is 0 Å². The fourth-order valence-electron chi connectivity index (χ4n) is 2.83. The van der Waals surface area contributed by atoms with E-state index in [2.05, 4.69) is 4.72 Å². The molecular formula is C20H28N2O7S. The molecule has 0 unspecified atom stereocenters. The first-order valence-electron chi connectivity index (χ1n) is 9.71. The molecule has 0 spiro atoms. The van der Waals surface area contributed by atoms with E-state index >= 15 is 0 Å². The molecule has 0 radical (unpaired) electrons. The van der Waals surface area contributed by atoms with Crippen molar-refractivity contribution in [2.75, 3.05) is 32.8 Å². The maximum absolute atomic E-state index is 12.2. The van der Waals surface area contributed by atoms with Gasteiger partial charge in [0.25, 0.3) is 0 Å². The Balaban J connectivity index is 1.87. The molecule has 0 aliphatic carbocycles. The molecule has 10 heteroatoms. The molecule has 30 heavy (non-hydrogen) atoms. The van der Waals surface area contributed by atoms with E-state index in [1.54, 1.807) is 19.9 Å². The minimum absolute atomic E-state index is 0.144. The summed E-state index contributed by atoms with van der Waals surface area (Å²) in [6, 6.07) is 5.44. The number of esters is 3. The van der Waals surface area contributed by atoms with E-state index in [9.17, 15) is 14.4 Å². The van der Waals surface area contributed by atoms with Crippen molar-refractivity contribution in [3.05, 3.63) is 23.8 Å². The van der Waals surface area contributed by atoms with E-state index in [0.717, 1.165) is 24.1 Å². The lowest BCUT2D eigenvalue weighted by Crippen LogP contribution is -2.35. The quantitative estimate of drug-likeness (QED) is 0.312. The summed E-state index contributed by atoms with van der Waals surface area (Å²) in [5.41, 5.74) is 0.641. The summed E-state index contributed by atoms with van der Waals surface area (Å²) in [7, 11) is 0. The SMILES string of the molecule is CCOC(=O)CN(CC(=O)OCC)SNCC(=O)Oc1cccc2c1OC(C)(C)C2. The summed E-state index contributed by atoms with van der Waals surface area (Å²) >= 11 is 0.944. The van der Waals surface area contributed by atoms with E-state index < -0.39 is 17.9 Å². The predicted octanol–water partition coefficient (Wildman–Crippen LogP) is 1.89. The molecule has 0 amide bonds. The van der Waals surface area contributed by atoms with Crippen LogP contribution in [0.1, 0.15) is 33.3 Å². The topological polar surface area (TPSA) is 103 Å². The summed E-state index contributed by atoms with van der Waals surface area (Å²) in [4.78, 5) is 35.7. The summed E-state index contributed by atoms with van der Waals surface area (Å²) in [6.45, 7) is 7.35. The third-order valence-electron chi connectivity index (χ3n) is 3.91. The number of carbonyl (C=O) groups excluding carboxylic acids is 3. The molecular weight excluding hydrogens is 412 g/mol. The van der Waals surface area contributed by atoms with Crippen LogP contribution in [0.4, 0.5) is 0 Å². The van der Waals surface area contributed by atoms with Crippen molar-refractivity contribution < 1.29 is 33.3 Å². The molecule has 0 atom stereocenters. The molecule has 0 fully saturated rings. The lowest BCUT2D eigenvalue weighted by atomic mass is 10.0. The molecule has 1 heterocycles. The predicted molar refractivity (Wildman–Crippen MR) is 111 cm³/mol. The summed E-state index contributed by atoms with van der Waals surface area (Å²) in [5, 5.41) is 0. The highest BCUT2D eigenvalue weighted by Crippen LogP contribution is 2.41. The van der Waals surface area contributed by atoms with Crippen molar-refractivity contribution >= 4 is 30.0 Å². The number of nitrogens with zero attached hydrogens (tertiary/aromatic N) is 1. The number of fused-ring (bicyclic) bond motifs is 1. The number of nitrogens with one attached hydrogen (secondary N) is 1. The second-order valence-corrected chi connectivity index (χ2v) is 8.07. The molecule has 9 nitrogen and oxygen atoms in total. The van der Waals surface area contributed by atoms with Gasteiger partial charge in [-0.3, -0.25) is 14.4 Å². The first kappa shape index (κ1) is 24.0. The van der Waals surface area contributed by atoms with Gasteiger partial charge in [-0.1, -0.05) is 12.1 Å². The Hall–Kier alpha value is -2.30. The average molecular weight is 441 g/mol. The Kier molecular flexibility index (Phi) is 8.94. The third-order valence-corrected chi connectivity index (χ3v) is 4.70. The number of hydrogen-bond donors (Lipinski definition) is 1. The number of benzene rings is 1. The lowest BCUT2D eigenvalue weighted by Gasteiger charge is -2.19. The zero-order valence-electron chi connectivity index (χ0n) is 17.7. The van der Waals surface area contributed by atoms with Crippen LogP contribution in [0.5, 0.6) is 11.5 Å². The van der Waals surface area contributed by atoms with Crippen LogP contribution >= 0.6 is 12.1 Å². The standard InChI is InChI=1S/C20H28N2O7S/c1-5-26-17(24)12-22(13-18(25)27-6-2)30-21-11-16(23)28-15-9-7-8-14-10-20(3,4)29-19(14)15/h7-9,21H,5-6,10-13H2,1-4H3. The third kappa shape index (κ3) is 7.51. The van der Waals surface area contributed by atoms with Crippen molar-refractivity contribution in [3.8, 4) is 11.5 Å². The van der Waals surface area contributed by atoms with E-state index in [4.69, 9.17) is 18.9 Å². The summed E-state index contributed by atoms with van der Waals surface area (Å²) in [6.07, 6.45) is 0.735.